The van der Waals surface area contributed by atoms with E-state index in [1.807, 2.05) is 6.92 Å². The van der Waals surface area contributed by atoms with Gasteiger partial charge in [-0.25, -0.2) is 0 Å². The van der Waals surface area contributed by atoms with Crippen LogP contribution < -0.4 is 5.32 Å². The van der Waals surface area contributed by atoms with E-state index in [0.717, 1.165) is 0 Å². The summed E-state index contributed by atoms with van der Waals surface area (Å²) in [5.41, 5.74) is 0. The maximum absolute atomic E-state index is 11.3. The van der Waals surface area contributed by atoms with Gasteiger partial charge in [0.25, 0.3) is 0 Å². The molecule has 0 saturated heterocycles. The molecule has 0 radical (unpaired) electrons. The third-order valence-electron chi connectivity index (χ3n) is 1.96. The van der Waals surface area contributed by atoms with E-state index in [-0.39, 0.29) is 30.8 Å². The average Bonchev–Trinajstić information content (AvgIpc) is 2.13. The van der Waals surface area contributed by atoms with Crippen molar-refractivity contribution in [3.8, 4) is 0 Å². The van der Waals surface area contributed by atoms with Crippen molar-refractivity contribution >= 4 is 11.9 Å². The fourth-order valence-electron chi connectivity index (χ4n) is 1.37. The first kappa shape index (κ1) is 14.9. The van der Waals surface area contributed by atoms with E-state index in [2.05, 4.69) is 5.32 Å². The molecule has 2 N–H and O–H groups in total. The van der Waals surface area contributed by atoms with Gasteiger partial charge < -0.3 is 15.2 Å². The Morgan fingerprint density at radius 2 is 1.94 bits per heavy atom. The molecule has 2 atom stereocenters. The van der Waals surface area contributed by atoms with Crippen LogP contribution in [0.15, 0.2) is 0 Å². The van der Waals surface area contributed by atoms with Crippen molar-refractivity contribution in [2.75, 3.05) is 6.61 Å². The second-order valence-corrected chi connectivity index (χ2v) is 3.86. The maximum atomic E-state index is 11.3. The molecule has 0 aromatic heterocycles. The average molecular weight is 231 g/mol. The summed E-state index contributed by atoms with van der Waals surface area (Å²) in [4.78, 5) is 22.3. The zero-order valence-corrected chi connectivity index (χ0v) is 10.2. The normalized spacial score (nSPS) is 14.0. The topological polar surface area (TPSA) is 75.6 Å². The van der Waals surface area contributed by atoms with E-state index in [9.17, 15) is 9.59 Å². The van der Waals surface area contributed by atoms with Gasteiger partial charge in [0.15, 0.2) is 0 Å². The molecule has 1 amide bonds. The fraction of sp³-hybridized carbons (Fsp3) is 0.818. The van der Waals surface area contributed by atoms with Crippen LogP contribution >= 0.6 is 0 Å². The summed E-state index contributed by atoms with van der Waals surface area (Å²) in [5.74, 6) is -0.554. The number of carbonyl (C=O) groups excluding carboxylic acids is 2. The molecular formula is C11H21NO4. The van der Waals surface area contributed by atoms with Crippen LogP contribution in [0.1, 0.15) is 40.0 Å². The van der Waals surface area contributed by atoms with Crippen LogP contribution in [-0.4, -0.2) is 35.7 Å². The number of nitrogens with one attached hydrogen (secondary N) is 1. The van der Waals surface area contributed by atoms with Gasteiger partial charge in [0, 0.05) is 12.5 Å². The van der Waals surface area contributed by atoms with Crippen molar-refractivity contribution in [2.45, 2.75) is 52.2 Å². The number of hydrogen-bond donors (Lipinski definition) is 2. The van der Waals surface area contributed by atoms with Gasteiger partial charge in [-0.1, -0.05) is 0 Å². The lowest BCUT2D eigenvalue weighted by atomic mass is 10.1. The molecule has 0 aliphatic heterocycles. The molecule has 0 aromatic carbocycles. The van der Waals surface area contributed by atoms with E-state index in [4.69, 9.17) is 9.84 Å². The van der Waals surface area contributed by atoms with Crippen molar-refractivity contribution in [1.82, 2.24) is 5.32 Å². The zero-order valence-electron chi connectivity index (χ0n) is 10.2. The largest absolute Gasteiger partial charge is 0.466 e. The molecule has 0 bridgehead atoms. The second kappa shape index (κ2) is 8.10. The minimum Gasteiger partial charge on any atom is -0.466 e. The fourth-order valence-corrected chi connectivity index (χ4v) is 1.37. The Morgan fingerprint density at radius 1 is 1.31 bits per heavy atom. The maximum Gasteiger partial charge on any atom is 0.306 e. The van der Waals surface area contributed by atoms with Crippen LogP contribution in [0.25, 0.3) is 0 Å². The number of hydrogen-bond acceptors (Lipinski definition) is 4. The van der Waals surface area contributed by atoms with Crippen LogP contribution in [0.3, 0.4) is 0 Å². The highest BCUT2D eigenvalue weighted by Gasteiger charge is 2.11. The molecule has 0 saturated carbocycles. The molecule has 94 valence electrons. The Labute approximate surface area is 96.2 Å². The summed E-state index contributed by atoms with van der Waals surface area (Å²) < 4.78 is 4.70. The van der Waals surface area contributed by atoms with Crippen molar-refractivity contribution < 1.29 is 19.4 Å². The lowest BCUT2D eigenvalue weighted by Crippen LogP contribution is -2.34. The predicted molar refractivity (Wildman–Crippen MR) is 59.8 cm³/mol. The van der Waals surface area contributed by atoms with E-state index < -0.39 is 6.10 Å². The Hall–Kier alpha value is -1.10. The molecule has 0 heterocycles. The summed E-state index contributed by atoms with van der Waals surface area (Å²) in [6.07, 6.45) is 0.287. The summed E-state index contributed by atoms with van der Waals surface area (Å²) in [6.45, 7) is 5.54. The lowest BCUT2D eigenvalue weighted by molar-refractivity contribution is -0.144. The lowest BCUT2D eigenvalue weighted by Gasteiger charge is -2.15. The van der Waals surface area contributed by atoms with Gasteiger partial charge in [-0.3, -0.25) is 9.59 Å². The first-order valence-electron chi connectivity index (χ1n) is 5.58. The summed E-state index contributed by atoms with van der Waals surface area (Å²) in [6, 6.07) is -0.0882. The van der Waals surface area contributed by atoms with Crippen molar-refractivity contribution in [3.05, 3.63) is 0 Å². The van der Waals surface area contributed by atoms with Gasteiger partial charge in [-0.15, -0.1) is 0 Å². The number of esters is 1. The smallest absolute Gasteiger partial charge is 0.306 e. The highest BCUT2D eigenvalue weighted by Crippen LogP contribution is 1.99. The Bertz CT molecular complexity index is 228. The number of aliphatic hydroxyl groups is 1. The van der Waals surface area contributed by atoms with Gasteiger partial charge in [-0.2, -0.15) is 0 Å². The van der Waals surface area contributed by atoms with E-state index >= 15 is 0 Å². The third-order valence-corrected chi connectivity index (χ3v) is 1.96. The predicted octanol–water partition coefficient (Wildman–Crippen LogP) is 0.605. The summed E-state index contributed by atoms with van der Waals surface area (Å²) in [5, 5.41) is 11.8. The van der Waals surface area contributed by atoms with Crippen LogP contribution in [0.2, 0.25) is 0 Å². The van der Waals surface area contributed by atoms with Crippen LogP contribution in [0.5, 0.6) is 0 Å². The molecule has 5 heteroatoms. The quantitative estimate of drug-likeness (QED) is 0.629. The van der Waals surface area contributed by atoms with Crippen molar-refractivity contribution in [3.63, 3.8) is 0 Å². The summed E-state index contributed by atoms with van der Waals surface area (Å²) >= 11 is 0. The minimum absolute atomic E-state index is 0.0882. The molecule has 5 nitrogen and oxygen atoms in total. The number of carbonyl (C=O) groups is 2. The Kier molecular flexibility index (Phi) is 7.54. The van der Waals surface area contributed by atoms with Gasteiger partial charge in [-0.05, 0) is 27.2 Å². The molecule has 2 unspecified atom stereocenters. The van der Waals surface area contributed by atoms with Gasteiger partial charge >= 0.3 is 5.97 Å². The Morgan fingerprint density at radius 3 is 2.44 bits per heavy atom. The number of ether oxygens (including phenoxy) is 1. The highest BCUT2D eigenvalue weighted by atomic mass is 16.5. The standard InChI is InChI=1S/C11H21NO4/c1-4-16-11(15)6-5-10(14)12-8(2)7-9(3)13/h8-9,13H,4-7H2,1-3H3,(H,12,14). The molecule has 0 aliphatic carbocycles. The minimum atomic E-state index is -0.444. The van der Waals surface area contributed by atoms with Gasteiger partial charge in [0.1, 0.15) is 0 Å². The van der Waals surface area contributed by atoms with Crippen molar-refractivity contribution in [2.24, 2.45) is 0 Å². The molecule has 16 heavy (non-hydrogen) atoms. The van der Waals surface area contributed by atoms with Crippen molar-refractivity contribution in [1.29, 1.82) is 0 Å². The first-order valence-corrected chi connectivity index (χ1v) is 5.58. The highest BCUT2D eigenvalue weighted by molar-refractivity contribution is 5.81. The number of rotatable bonds is 7. The second-order valence-electron chi connectivity index (χ2n) is 3.86. The SMILES string of the molecule is CCOC(=O)CCC(=O)NC(C)CC(C)O. The van der Waals surface area contributed by atoms with Crippen LogP contribution in [-0.2, 0) is 14.3 Å². The third kappa shape index (κ3) is 8.23. The van der Waals surface area contributed by atoms with Crippen LogP contribution in [0.4, 0.5) is 0 Å². The molecule has 0 aliphatic rings. The molecule has 0 fully saturated rings. The van der Waals surface area contributed by atoms with Gasteiger partial charge in [0.05, 0.1) is 19.1 Å². The van der Waals surface area contributed by atoms with Gasteiger partial charge in [0.2, 0.25) is 5.91 Å². The summed E-state index contributed by atoms with van der Waals surface area (Å²) in [7, 11) is 0. The molecule has 0 aromatic rings. The number of amides is 1. The van der Waals surface area contributed by atoms with E-state index in [0.29, 0.717) is 13.0 Å². The monoisotopic (exact) mass is 231 g/mol. The Balaban J connectivity index is 3.69. The first-order chi connectivity index (χ1) is 7.45. The van der Waals surface area contributed by atoms with Crippen LogP contribution in [0, 0.1) is 0 Å². The molecule has 0 rings (SSSR count). The molecular weight excluding hydrogens is 210 g/mol. The number of aliphatic hydroxyl groups excluding tert-OH is 1. The zero-order chi connectivity index (χ0) is 12.6. The molecule has 0 spiro atoms. The van der Waals surface area contributed by atoms with E-state index in [1.54, 1.807) is 13.8 Å². The van der Waals surface area contributed by atoms with E-state index in [1.165, 1.54) is 0 Å².